The minimum absolute atomic E-state index is 0.00469. The normalized spacial score (nSPS) is 10.8. The molecule has 0 radical (unpaired) electrons. The zero-order chi connectivity index (χ0) is 13.4. The van der Waals surface area contributed by atoms with E-state index >= 15 is 0 Å². The highest BCUT2D eigenvalue weighted by molar-refractivity contribution is 9.11. The monoisotopic (exact) mass is 339 g/mol. The lowest BCUT2D eigenvalue weighted by Gasteiger charge is -2.00. The lowest BCUT2D eigenvalue weighted by atomic mass is 10.2. The van der Waals surface area contributed by atoms with Crippen LogP contribution in [-0.2, 0) is 0 Å². The van der Waals surface area contributed by atoms with Crippen LogP contribution in [-0.4, -0.2) is 10.1 Å². The maximum Gasteiger partial charge on any atom is 0.260 e. The number of nitrogens with two attached hydrogens (primary N) is 1. The van der Waals surface area contributed by atoms with Crippen LogP contribution in [0.2, 0.25) is 0 Å². The van der Waals surface area contributed by atoms with Crippen LogP contribution in [0.15, 0.2) is 38.6 Å². The van der Waals surface area contributed by atoms with Gasteiger partial charge in [0.25, 0.3) is 5.89 Å². The molecule has 1 aromatic carbocycles. The Bertz CT molecular complexity index is 740. The smallest absolute Gasteiger partial charge is 0.260 e. The average Bonchev–Trinajstić information content (AvgIpc) is 3.01. The van der Waals surface area contributed by atoms with Crippen molar-refractivity contribution < 1.29 is 8.91 Å². The molecule has 96 valence electrons. The zero-order valence-corrected chi connectivity index (χ0v) is 11.8. The number of nitrogen functional groups attached to an aromatic ring is 1. The highest BCUT2D eigenvalue weighted by Gasteiger charge is 2.15. The van der Waals surface area contributed by atoms with Gasteiger partial charge in [-0.1, -0.05) is 11.2 Å². The Morgan fingerprint density at radius 1 is 1.26 bits per heavy atom. The lowest BCUT2D eigenvalue weighted by Crippen LogP contribution is -1.94. The molecular formula is C12H7BrFN3OS. The molecule has 0 aliphatic carbocycles. The molecule has 0 amide bonds. The third-order valence-electron chi connectivity index (χ3n) is 2.50. The van der Waals surface area contributed by atoms with Gasteiger partial charge in [-0.05, 0) is 40.2 Å². The summed E-state index contributed by atoms with van der Waals surface area (Å²) in [6.45, 7) is 0. The molecule has 0 aliphatic heterocycles. The third-order valence-corrected chi connectivity index (χ3v) is 4.12. The molecular weight excluding hydrogens is 333 g/mol. The van der Waals surface area contributed by atoms with E-state index in [4.69, 9.17) is 10.3 Å². The second kappa shape index (κ2) is 4.75. The van der Waals surface area contributed by atoms with E-state index in [1.807, 2.05) is 12.1 Å². The summed E-state index contributed by atoms with van der Waals surface area (Å²) in [4.78, 5) is 5.09. The van der Waals surface area contributed by atoms with Gasteiger partial charge in [0.05, 0.1) is 19.9 Å². The molecule has 0 fully saturated rings. The molecule has 2 N–H and O–H groups in total. The fourth-order valence-corrected chi connectivity index (χ4v) is 2.90. The summed E-state index contributed by atoms with van der Waals surface area (Å²) >= 11 is 4.85. The second-order valence-electron chi connectivity index (χ2n) is 3.73. The molecule has 7 heteroatoms. The number of thiophene rings is 1. The number of benzene rings is 1. The minimum Gasteiger partial charge on any atom is -0.396 e. The van der Waals surface area contributed by atoms with E-state index in [0.29, 0.717) is 11.4 Å². The van der Waals surface area contributed by atoms with Gasteiger partial charge < -0.3 is 10.3 Å². The zero-order valence-electron chi connectivity index (χ0n) is 9.43. The number of hydrogen-bond donors (Lipinski definition) is 1. The summed E-state index contributed by atoms with van der Waals surface area (Å²) < 4.78 is 19.5. The van der Waals surface area contributed by atoms with Crippen molar-refractivity contribution in [3.63, 3.8) is 0 Å². The van der Waals surface area contributed by atoms with Crippen LogP contribution >= 0.6 is 27.3 Å². The molecule has 0 saturated heterocycles. The van der Waals surface area contributed by atoms with Crippen molar-refractivity contribution in [2.24, 2.45) is 0 Å². The van der Waals surface area contributed by atoms with Gasteiger partial charge in [0, 0.05) is 0 Å². The van der Waals surface area contributed by atoms with E-state index in [1.165, 1.54) is 17.4 Å². The van der Waals surface area contributed by atoms with Gasteiger partial charge in [0.15, 0.2) is 0 Å². The second-order valence-corrected chi connectivity index (χ2v) is 6.19. The SMILES string of the molecule is Nc1c(F)cccc1-c1nc(-c2ccc(Br)s2)no1. The molecule has 0 unspecified atom stereocenters. The maximum atomic E-state index is 13.4. The predicted molar refractivity (Wildman–Crippen MR) is 75.1 cm³/mol. The molecule has 2 aromatic heterocycles. The first-order valence-electron chi connectivity index (χ1n) is 5.29. The van der Waals surface area contributed by atoms with E-state index in [0.717, 1.165) is 8.66 Å². The molecule has 3 rings (SSSR count). The largest absolute Gasteiger partial charge is 0.396 e. The van der Waals surface area contributed by atoms with Gasteiger partial charge >= 0.3 is 0 Å². The molecule has 0 atom stereocenters. The molecule has 2 heterocycles. The molecule has 0 spiro atoms. The van der Waals surface area contributed by atoms with E-state index in [-0.39, 0.29) is 11.6 Å². The number of para-hydroxylation sites is 1. The van der Waals surface area contributed by atoms with E-state index < -0.39 is 5.82 Å². The first-order chi connectivity index (χ1) is 9.15. The van der Waals surface area contributed by atoms with Crippen LogP contribution in [0.3, 0.4) is 0 Å². The van der Waals surface area contributed by atoms with Crippen molar-refractivity contribution in [3.8, 4) is 22.2 Å². The number of aromatic nitrogens is 2. The number of anilines is 1. The highest BCUT2D eigenvalue weighted by atomic mass is 79.9. The molecule has 0 bridgehead atoms. The van der Waals surface area contributed by atoms with Crippen molar-refractivity contribution in [2.45, 2.75) is 0 Å². The van der Waals surface area contributed by atoms with Crippen molar-refractivity contribution in [1.82, 2.24) is 10.1 Å². The maximum absolute atomic E-state index is 13.4. The summed E-state index contributed by atoms with van der Waals surface area (Å²) in [5.74, 6) is 0.155. The molecule has 19 heavy (non-hydrogen) atoms. The summed E-state index contributed by atoms with van der Waals surface area (Å²) in [7, 11) is 0. The Morgan fingerprint density at radius 3 is 2.84 bits per heavy atom. The fourth-order valence-electron chi connectivity index (χ4n) is 1.59. The van der Waals surface area contributed by atoms with Crippen LogP contribution in [0.25, 0.3) is 22.2 Å². The summed E-state index contributed by atoms with van der Waals surface area (Å²) in [5, 5.41) is 3.87. The standard InChI is InChI=1S/C12H7BrFN3OS/c13-9-5-4-8(19-9)11-16-12(18-17-11)6-2-1-3-7(14)10(6)15/h1-5H,15H2. The number of rotatable bonds is 2. The Morgan fingerprint density at radius 2 is 2.11 bits per heavy atom. The van der Waals surface area contributed by atoms with Gasteiger partial charge in [-0.3, -0.25) is 0 Å². The fraction of sp³-hybridized carbons (Fsp3) is 0. The predicted octanol–water partition coefficient (Wildman–Crippen LogP) is 3.95. The minimum atomic E-state index is -0.504. The summed E-state index contributed by atoms with van der Waals surface area (Å²) in [6.07, 6.45) is 0. The van der Waals surface area contributed by atoms with Crippen LogP contribution in [0, 0.1) is 5.82 Å². The first kappa shape index (κ1) is 12.3. The Labute approximate surface area is 120 Å². The van der Waals surface area contributed by atoms with Crippen LogP contribution < -0.4 is 5.73 Å². The van der Waals surface area contributed by atoms with E-state index in [9.17, 15) is 4.39 Å². The quantitative estimate of drug-likeness (QED) is 0.718. The third kappa shape index (κ3) is 2.26. The van der Waals surface area contributed by atoms with Crippen molar-refractivity contribution in [1.29, 1.82) is 0 Å². The van der Waals surface area contributed by atoms with Gasteiger partial charge in [-0.2, -0.15) is 4.98 Å². The topological polar surface area (TPSA) is 64.9 Å². The van der Waals surface area contributed by atoms with Crippen molar-refractivity contribution in [3.05, 3.63) is 39.9 Å². The average molecular weight is 340 g/mol. The molecule has 0 saturated carbocycles. The molecule has 4 nitrogen and oxygen atoms in total. The van der Waals surface area contributed by atoms with Crippen molar-refractivity contribution >= 4 is 33.0 Å². The molecule has 3 aromatic rings. The van der Waals surface area contributed by atoms with Crippen LogP contribution in [0.4, 0.5) is 10.1 Å². The highest BCUT2D eigenvalue weighted by Crippen LogP contribution is 2.32. The van der Waals surface area contributed by atoms with Gasteiger partial charge in [0.1, 0.15) is 5.82 Å². The number of nitrogens with zero attached hydrogens (tertiary/aromatic N) is 2. The van der Waals surface area contributed by atoms with Gasteiger partial charge in [-0.15, -0.1) is 11.3 Å². The van der Waals surface area contributed by atoms with E-state index in [2.05, 4.69) is 26.1 Å². The Balaban J connectivity index is 2.04. The molecule has 0 aliphatic rings. The summed E-state index contributed by atoms with van der Waals surface area (Å²) in [6, 6.07) is 8.24. The Kier molecular flexibility index (Phi) is 3.08. The number of hydrogen-bond acceptors (Lipinski definition) is 5. The van der Waals surface area contributed by atoms with Crippen LogP contribution in [0.1, 0.15) is 0 Å². The Hall–Kier alpha value is -1.73. The van der Waals surface area contributed by atoms with Gasteiger partial charge in [0.2, 0.25) is 5.82 Å². The van der Waals surface area contributed by atoms with Crippen molar-refractivity contribution in [2.75, 3.05) is 5.73 Å². The van der Waals surface area contributed by atoms with Gasteiger partial charge in [-0.25, -0.2) is 4.39 Å². The lowest BCUT2D eigenvalue weighted by molar-refractivity contribution is 0.432. The summed E-state index contributed by atoms with van der Waals surface area (Å²) in [5.41, 5.74) is 6.06. The van der Waals surface area contributed by atoms with E-state index in [1.54, 1.807) is 12.1 Å². The van der Waals surface area contributed by atoms with Crippen LogP contribution in [0.5, 0.6) is 0 Å². The first-order valence-corrected chi connectivity index (χ1v) is 6.90. The number of halogens is 2.